The average Bonchev–Trinajstić information content (AvgIpc) is 3.06. The minimum absolute atomic E-state index is 0.264. The molecule has 1 aliphatic heterocycles. The fourth-order valence-electron chi connectivity index (χ4n) is 3.54. The molecule has 1 aromatic heterocycles. The van der Waals surface area contributed by atoms with E-state index in [0.717, 1.165) is 32.0 Å². The molecular weight excluding hydrogens is 300 g/mol. The first-order chi connectivity index (χ1) is 11.6. The van der Waals surface area contributed by atoms with Crippen LogP contribution in [-0.4, -0.2) is 51.3 Å². The predicted molar refractivity (Wildman–Crippen MR) is 96.0 cm³/mol. The third kappa shape index (κ3) is 3.43. The van der Waals surface area contributed by atoms with Crippen LogP contribution >= 0.6 is 0 Å². The highest BCUT2D eigenvalue weighted by molar-refractivity contribution is 5.46. The Hall–Kier alpha value is -1.95. The van der Waals surface area contributed by atoms with Crippen LogP contribution in [0.1, 0.15) is 45.6 Å². The lowest BCUT2D eigenvalue weighted by atomic mass is 10.0. The van der Waals surface area contributed by atoms with Crippen LogP contribution in [0.3, 0.4) is 0 Å². The standard InChI is InChI=1S/C18H28N6/c1-14(2)17(18-19-20-21-24(18)15(3)4)23-12-10-22(11-13-23)16-8-6-5-7-9-16/h5-9,14-15,17H,10-13H2,1-4H3/t17-/m0/s1. The maximum Gasteiger partial charge on any atom is 0.168 e. The van der Waals surface area contributed by atoms with Crippen LogP contribution in [0.4, 0.5) is 5.69 Å². The molecule has 6 nitrogen and oxygen atoms in total. The van der Waals surface area contributed by atoms with Gasteiger partial charge < -0.3 is 4.90 Å². The molecule has 0 N–H and O–H groups in total. The van der Waals surface area contributed by atoms with Gasteiger partial charge in [0.25, 0.3) is 0 Å². The van der Waals surface area contributed by atoms with Crippen LogP contribution in [0.5, 0.6) is 0 Å². The second kappa shape index (κ2) is 7.30. The molecule has 1 saturated heterocycles. The van der Waals surface area contributed by atoms with Gasteiger partial charge in [-0.25, -0.2) is 4.68 Å². The summed E-state index contributed by atoms with van der Waals surface area (Å²) in [6.45, 7) is 12.9. The number of benzene rings is 1. The summed E-state index contributed by atoms with van der Waals surface area (Å²) < 4.78 is 1.97. The number of para-hydroxylation sites is 1. The van der Waals surface area contributed by atoms with Crippen molar-refractivity contribution in [3.05, 3.63) is 36.2 Å². The molecule has 130 valence electrons. The van der Waals surface area contributed by atoms with E-state index in [4.69, 9.17) is 0 Å². The van der Waals surface area contributed by atoms with Crippen molar-refractivity contribution < 1.29 is 0 Å². The molecule has 0 radical (unpaired) electrons. The van der Waals surface area contributed by atoms with Gasteiger partial charge in [-0.1, -0.05) is 32.0 Å². The molecule has 0 spiro atoms. The van der Waals surface area contributed by atoms with Gasteiger partial charge in [-0.2, -0.15) is 0 Å². The molecule has 24 heavy (non-hydrogen) atoms. The summed E-state index contributed by atoms with van der Waals surface area (Å²) in [4.78, 5) is 4.99. The Bertz CT molecular complexity index is 628. The number of anilines is 1. The molecule has 0 aliphatic carbocycles. The van der Waals surface area contributed by atoms with E-state index in [9.17, 15) is 0 Å². The van der Waals surface area contributed by atoms with Crippen LogP contribution in [0.2, 0.25) is 0 Å². The minimum Gasteiger partial charge on any atom is -0.369 e. The molecule has 0 unspecified atom stereocenters. The maximum atomic E-state index is 4.36. The van der Waals surface area contributed by atoms with Crippen molar-refractivity contribution in [1.29, 1.82) is 0 Å². The SMILES string of the molecule is CC(C)[C@@H](c1nnnn1C(C)C)N1CCN(c2ccccc2)CC1. The average molecular weight is 328 g/mol. The van der Waals surface area contributed by atoms with Crippen molar-refractivity contribution in [2.24, 2.45) is 5.92 Å². The van der Waals surface area contributed by atoms with E-state index >= 15 is 0 Å². The summed E-state index contributed by atoms with van der Waals surface area (Å²) in [5.74, 6) is 1.46. The Kier molecular flexibility index (Phi) is 5.14. The van der Waals surface area contributed by atoms with Crippen molar-refractivity contribution in [3.8, 4) is 0 Å². The van der Waals surface area contributed by atoms with Gasteiger partial charge >= 0.3 is 0 Å². The van der Waals surface area contributed by atoms with Gasteiger partial charge in [0.15, 0.2) is 5.82 Å². The van der Waals surface area contributed by atoms with E-state index in [1.54, 1.807) is 0 Å². The summed E-state index contributed by atoms with van der Waals surface area (Å²) in [6.07, 6.45) is 0. The highest BCUT2D eigenvalue weighted by Gasteiger charge is 2.31. The first-order valence-corrected chi connectivity index (χ1v) is 8.89. The van der Waals surface area contributed by atoms with Crippen LogP contribution in [0.25, 0.3) is 0 Å². The van der Waals surface area contributed by atoms with Gasteiger partial charge in [0.2, 0.25) is 0 Å². The largest absolute Gasteiger partial charge is 0.369 e. The zero-order valence-corrected chi connectivity index (χ0v) is 15.1. The molecule has 1 fully saturated rings. The van der Waals surface area contributed by atoms with Crippen LogP contribution in [-0.2, 0) is 0 Å². The van der Waals surface area contributed by atoms with E-state index in [2.05, 4.69) is 83.4 Å². The molecule has 2 heterocycles. The monoisotopic (exact) mass is 328 g/mol. The van der Waals surface area contributed by atoms with E-state index in [0.29, 0.717) is 5.92 Å². The van der Waals surface area contributed by atoms with Crippen LogP contribution in [0, 0.1) is 5.92 Å². The van der Waals surface area contributed by atoms with Crippen LogP contribution < -0.4 is 4.90 Å². The fourth-order valence-corrected chi connectivity index (χ4v) is 3.54. The molecule has 1 aromatic carbocycles. The summed E-state index contributed by atoms with van der Waals surface area (Å²) in [5.41, 5.74) is 1.31. The van der Waals surface area contributed by atoms with Gasteiger partial charge in [0, 0.05) is 31.9 Å². The van der Waals surface area contributed by atoms with Gasteiger partial charge in [-0.15, -0.1) is 5.10 Å². The van der Waals surface area contributed by atoms with Gasteiger partial charge in [-0.3, -0.25) is 4.90 Å². The number of aromatic nitrogens is 4. The molecule has 0 bridgehead atoms. The second-order valence-corrected chi connectivity index (χ2v) is 7.12. The lowest BCUT2D eigenvalue weighted by Crippen LogP contribution is -2.49. The minimum atomic E-state index is 0.264. The fraction of sp³-hybridized carbons (Fsp3) is 0.611. The lowest BCUT2D eigenvalue weighted by Gasteiger charge is -2.41. The highest BCUT2D eigenvalue weighted by atomic mass is 15.6. The Morgan fingerprint density at radius 3 is 2.17 bits per heavy atom. The number of hydrogen-bond acceptors (Lipinski definition) is 5. The number of tetrazole rings is 1. The van der Waals surface area contributed by atoms with Crippen molar-refractivity contribution >= 4 is 5.69 Å². The quantitative estimate of drug-likeness (QED) is 0.845. The smallest absolute Gasteiger partial charge is 0.168 e. The first kappa shape index (κ1) is 16.9. The Morgan fingerprint density at radius 1 is 0.917 bits per heavy atom. The molecule has 1 atom stereocenters. The lowest BCUT2D eigenvalue weighted by molar-refractivity contribution is 0.133. The van der Waals surface area contributed by atoms with E-state index in [1.165, 1.54) is 5.69 Å². The zero-order valence-electron chi connectivity index (χ0n) is 15.1. The maximum absolute atomic E-state index is 4.36. The number of nitrogens with zero attached hydrogens (tertiary/aromatic N) is 6. The molecular formula is C18H28N6. The van der Waals surface area contributed by atoms with Crippen molar-refractivity contribution in [2.75, 3.05) is 31.1 Å². The van der Waals surface area contributed by atoms with Gasteiger partial charge in [0.1, 0.15) is 0 Å². The summed E-state index contributed by atoms with van der Waals surface area (Å²) in [6, 6.07) is 11.2. The molecule has 2 aromatic rings. The Balaban J connectivity index is 1.74. The van der Waals surface area contributed by atoms with Crippen molar-refractivity contribution in [2.45, 2.75) is 39.8 Å². The van der Waals surface area contributed by atoms with Crippen molar-refractivity contribution in [3.63, 3.8) is 0 Å². The zero-order chi connectivity index (χ0) is 17.1. The molecule has 0 saturated carbocycles. The van der Waals surface area contributed by atoms with E-state index < -0.39 is 0 Å². The van der Waals surface area contributed by atoms with Gasteiger partial charge in [-0.05, 0) is 42.3 Å². The molecule has 3 rings (SSSR count). The second-order valence-electron chi connectivity index (χ2n) is 7.12. The van der Waals surface area contributed by atoms with Crippen LogP contribution in [0.15, 0.2) is 30.3 Å². The summed E-state index contributed by atoms with van der Waals surface area (Å²) in [5, 5.41) is 12.5. The van der Waals surface area contributed by atoms with E-state index in [-0.39, 0.29) is 12.1 Å². The number of rotatable bonds is 5. The van der Waals surface area contributed by atoms with Crippen molar-refractivity contribution in [1.82, 2.24) is 25.1 Å². The molecule has 0 amide bonds. The van der Waals surface area contributed by atoms with E-state index in [1.807, 2.05) is 4.68 Å². The predicted octanol–water partition coefficient (Wildman–Crippen LogP) is 2.77. The number of piperazine rings is 1. The Morgan fingerprint density at radius 2 is 1.58 bits per heavy atom. The first-order valence-electron chi connectivity index (χ1n) is 8.89. The number of hydrogen-bond donors (Lipinski definition) is 0. The third-order valence-corrected chi connectivity index (χ3v) is 4.73. The van der Waals surface area contributed by atoms with Gasteiger partial charge in [0.05, 0.1) is 12.1 Å². The Labute approximate surface area is 144 Å². The normalized spacial score (nSPS) is 17.7. The topological polar surface area (TPSA) is 50.1 Å². The molecule has 6 heteroatoms. The summed E-state index contributed by atoms with van der Waals surface area (Å²) >= 11 is 0. The highest BCUT2D eigenvalue weighted by Crippen LogP contribution is 2.29. The molecule has 1 aliphatic rings. The third-order valence-electron chi connectivity index (χ3n) is 4.73. The summed E-state index contributed by atoms with van der Waals surface area (Å²) in [7, 11) is 0.